The van der Waals surface area contributed by atoms with Crippen LogP contribution in [-0.2, 0) is 6.42 Å². The minimum atomic E-state index is 0.475. The summed E-state index contributed by atoms with van der Waals surface area (Å²) in [4.78, 5) is 8.95. The van der Waals surface area contributed by atoms with Crippen LogP contribution < -0.4 is 10.2 Å². The number of aryl methyl sites for hydroxylation is 1. The largest absolute Gasteiger partial charge is 0.348 e. The van der Waals surface area contributed by atoms with Crippen molar-refractivity contribution in [3.8, 4) is 0 Å². The first-order chi connectivity index (χ1) is 9.69. The standard InChI is InChI=1S/C16H27N3S/c1-11-7-9-12(10-8-11)19(3)16-18-15-13(17-2)5-4-6-14(15)20-16/h11-13,17H,4-10H2,1-3H3. The van der Waals surface area contributed by atoms with Crippen molar-refractivity contribution < 1.29 is 0 Å². The molecule has 112 valence electrons. The van der Waals surface area contributed by atoms with Crippen LogP contribution in [0.1, 0.15) is 62.1 Å². The van der Waals surface area contributed by atoms with Crippen molar-refractivity contribution in [1.82, 2.24) is 10.3 Å². The molecule has 2 aliphatic rings. The monoisotopic (exact) mass is 293 g/mol. The van der Waals surface area contributed by atoms with Crippen LogP contribution in [0.25, 0.3) is 0 Å². The topological polar surface area (TPSA) is 28.2 Å². The lowest BCUT2D eigenvalue weighted by Gasteiger charge is -2.33. The maximum atomic E-state index is 4.98. The number of anilines is 1. The number of nitrogens with zero attached hydrogens (tertiary/aromatic N) is 2. The highest BCUT2D eigenvalue weighted by molar-refractivity contribution is 7.15. The van der Waals surface area contributed by atoms with E-state index >= 15 is 0 Å². The van der Waals surface area contributed by atoms with Crippen LogP contribution in [0, 0.1) is 5.92 Å². The molecule has 0 saturated heterocycles. The molecule has 0 bridgehead atoms. The van der Waals surface area contributed by atoms with E-state index in [0.29, 0.717) is 12.1 Å². The van der Waals surface area contributed by atoms with E-state index in [4.69, 9.17) is 4.98 Å². The van der Waals surface area contributed by atoms with Crippen molar-refractivity contribution >= 4 is 16.5 Å². The maximum Gasteiger partial charge on any atom is 0.185 e. The van der Waals surface area contributed by atoms with Gasteiger partial charge in [0.25, 0.3) is 0 Å². The van der Waals surface area contributed by atoms with E-state index in [0.717, 1.165) is 5.92 Å². The highest BCUT2D eigenvalue weighted by atomic mass is 32.1. The minimum absolute atomic E-state index is 0.475. The number of thiazole rings is 1. The molecule has 1 heterocycles. The van der Waals surface area contributed by atoms with Crippen LogP contribution in [0.2, 0.25) is 0 Å². The van der Waals surface area contributed by atoms with Gasteiger partial charge in [-0.05, 0) is 57.9 Å². The number of aromatic nitrogens is 1. The minimum Gasteiger partial charge on any atom is -0.348 e. The van der Waals surface area contributed by atoms with Crippen molar-refractivity contribution in [3.63, 3.8) is 0 Å². The van der Waals surface area contributed by atoms with E-state index in [1.54, 1.807) is 0 Å². The molecule has 1 saturated carbocycles. The fraction of sp³-hybridized carbons (Fsp3) is 0.812. The summed E-state index contributed by atoms with van der Waals surface area (Å²) in [6.45, 7) is 2.38. The quantitative estimate of drug-likeness (QED) is 0.920. The van der Waals surface area contributed by atoms with Gasteiger partial charge < -0.3 is 10.2 Å². The molecule has 0 aromatic carbocycles. The Morgan fingerprint density at radius 3 is 2.65 bits per heavy atom. The van der Waals surface area contributed by atoms with Gasteiger partial charge in [-0.2, -0.15) is 0 Å². The Hall–Kier alpha value is -0.610. The zero-order chi connectivity index (χ0) is 14.1. The molecule has 1 atom stereocenters. The molecule has 1 aromatic heterocycles. The Morgan fingerprint density at radius 1 is 1.20 bits per heavy atom. The number of fused-ring (bicyclic) bond motifs is 1. The third-order valence-electron chi connectivity index (χ3n) is 5.13. The molecule has 1 aromatic rings. The average Bonchev–Trinajstić information content (AvgIpc) is 2.91. The first-order valence-electron chi connectivity index (χ1n) is 8.08. The van der Waals surface area contributed by atoms with E-state index in [2.05, 4.69) is 31.2 Å². The lowest BCUT2D eigenvalue weighted by Crippen LogP contribution is -2.34. The van der Waals surface area contributed by atoms with Crippen LogP contribution in [0.3, 0.4) is 0 Å². The Bertz CT molecular complexity index is 449. The average molecular weight is 293 g/mol. The molecule has 20 heavy (non-hydrogen) atoms. The van der Waals surface area contributed by atoms with Gasteiger partial charge in [0.1, 0.15) is 0 Å². The summed E-state index contributed by atoms with van der Waals surface area (Å²) in [6, 6.07) is 1.18. The summed E-state index contributed by atoms with van der Waals surface area (Å²) in [5.41, 5.74) is 1.33. The van der Waals surface area contributed by atoms with Gasteiger partial charge >= 0.3 is 0 Å². The van der Waals surface area contributed by atoms with Crippen molar-refractivity contribution in [3.05, 3.63) is 10.6 Å². The summed E-state index contributed by atoms with van der Waals surface area (Å²) in [5.74, 6) is 0.915. The molecular formula is C16H27N3S. The van der Waals surface area contributed by atoms with Gasteiger partial charge in [-0.1, -0.05) is 6.92 Å². The van der Waals surface area contributed by atoms with Gasteiger partial charge in [0.2, 0.25) is 0 Å². The van der Waals surface area contributed by atoms with Crippen LogP contribution in [0.5, 0.6) is 0 Å². The molecule has 1 N–H and O–H groups in total. The third kappa shape index (κ3) is 2.73. The molecule has 1 unspecified atom stereocenters. The Morgan fingerprint density at radius 2 is 1.95 bits per heavy atom. The molecule has 4 heteroatoms. The van der Waals surface area contributed by atoms with Gasteiger partial charge in [-0.3, -0.25) is 0 Å². The van der Waals surface area contributed by atoms with E-state index < -0.39 is 0 Å². The fourth-order valence-electron chi connectivity index (χ4n) is 3.62. The van der Waals surface area contributed by atoms with Crippen molar-refractivity contribution in [2.75, 3.05) is 19.0 Å². The molecular weight excluding hydrogens is 266 g/mol. The van der Waals surface area contributed by atoms with Gasteiger partial charge in [0.05, 0.1) is 11.7 Å². The number of nitrogens with one attached hydrogen (secondary N) is 1. The highest BCUT2D eigenvalue weighted by Crippen LogP contribution is 2.38. The van der Waals surface area contributed by atoms with Crippen LogP contribution in [-0.4, -0.2) is 25.1 Å². The molecule has 0 radical (unpaired) electrons. The van der Waals surface area contributed by atoms with Gasteiger partial charge in [0, 0.05) is 18.0 Å². The summed E-state index contributed by atoms with van der Waals surface area (Å²) < 4.78 is 0. The smallest absolute Gasteiger partial charge is 0.185 e. The SMILES string of the molecule is CNC1CCCc2sc(N(C)C3CCC(C)CC3)nc21. The molecule has 3 rings (SSSR count). The van der Waals surface area contributed by atoms with Crippen LogP contribution >= 0.6 is 11.3 Å². The van der Waals surface area contributed by atoms with Crippen molar-refractivity contribution in [1.29, 1.82) is 0 Å². The fourth-order valence-corrected chi connectivity index (χ4v) is 4.82. The zero-order valence-electron chi connectivity index (χ0n) is 13.0. The van der Waals surface area contributed by atoms with E-state index in [9.17, 15) is 0 Å². The summed E-state index contributed by atoms with van der Waals surface area (Å²) in [7, 11) is 4.31. The first kappa shape index (κ1) is 14.3. The predicted octanol–water partition coefficient (Wildman–Crippen LogP) is 3.75. The number of hydrogen-bond donors (Lipinski definition) is 1. The zero-order valence-corrected chi connectivity index (χ0v) is 13.8. The third-order valence-corrected chi connectivity index (χ3v) is 6.35. The van der Waals surface area contributed by atoms with E-state index in [1.165, 1.54) is 60.6 Å². The van der Waals surface area contributed by atoms with Gasteiger partial charge in [-0.25, -0.2) is 4.98 Å². The lowest BCUT2D eigenvalue weighted by molar-refractivity contribution is 0.340. The first-order valence-corrected chi connectivity index (χ1v) is 8.90. The molecule has 2 aliphatic carbocycles. The summed E-state index contributed by atoms with van der Waals surface area (Å²) in [5, 5.41) is 4.67. The second-order valence-corrected chi connectivity index (χ2v) is 7.63. The van der Waals surface area contributed by atoms with E-state index in [1.807, 2.05) is 11.3 Å². The van der Waals surface area contributed by atoms with Crippen molar-refractivity contribution in [2.45, 2.75) is 64.0 Å². The van der Waals surface area contributed by atoms with Crippen LogP contribution in [0.15, 0.2) is 0 Å². The molecule has 0 spiro atoms. The number of rotatable bonds is 3. The molecule has 1 fully saturated rings. The lowest BCUT2D eigenvalue weighted by atomic mass is 9.87. The van der Waals surface area contributed by atoms with Gasteiger partial charge in [-0.15, -0.1) is 11.3 Å². The normalized spacial score (nSPS) is 30.1. The molecule has 0 amide bonds. The maximum absolute atomic E-state index is 4.98. The van der Waals surface area contributed by atoms with Crippen molar-refractivity contribution in [2.24, 2.45) is 5.92 Å². The summed E-state index contributed by atoms with van der Waals surface area (Å²) in [6.07, 6.45) is 9.16. The molecule has 0 aliphatic heterocycles. The highest BCUT2D eigenvalue weighted by Gasteiger charge is 2.27. The molecule has 3 nitrogen and oxygen atoms in total. The van der Waals surface area contributed by atoms with Crippen LogP contribution in [0.4, 0.5) is 5.13 Å². The Kier molecular flexibility index (Phi) is 4.32. The second-order valence-electron chi connectivity index (χ2n) is 6.56. The summed E-state index contributed by atoms with van der Waals surface area (Å²) >= 11 is 1.93. The number of hydrogen-bond acceptors (Lipinski definition) is 4. The predicted molar refractivity (Wildman–Crippen MR) is 86.7 cm³/mol. The van der Waals surface area contributed by atoms with Gasteiger partial charge in [0.15, 0.2) is 5.13 Å². The van der Waals surface area contributed by atoms with E-state index in [-0.39, 0.29) is 0 Å². The Balaban J connectivity index is 1.75. The second kappa shape index (κ2) is 6.02. The Labute approximate surface area is 126 Å².